The van der Waals surface area contributed by atoms with Crippen LogP contribution in [0.3, 0.4) is 0 Å². The molecule has 1 unspecified atom stereocenters. The lowest BCUT2D eigenvalue weighted by Crippen LogP contribution is -2.53. The second kappa shape index (κ2) is 18.8. The SMILES string of the molecule is CC(C)[Si](OC/C=C(\CO[Si](C(C)C)(C(C)C)C(C)C)C(O[Si](C)(C)C(C)(C)C)[C@H]1OC(C)(C)O[C@H]1COCc1ccccc1)(C(C)C)C(C)C. The van der Waals surface area contributed by atoms with Crippen molar-refractivity contribution in [1.29, 1.82) is 0 Å². The number of hydrogen-bond acceptors (Lipinski definition) is 6. The minimum Gasteiger partial charge on any atom is -0.412 e. The molecule has 1 aromatic rings. The number of benzene rings is 1. The van der Waals surface area contributed by atoms with Crippen LogP contribution < -0.4 is 0 Å². The normalized spacial score (nSPS) is 20.2. The molecule has 0 saturated carbocycles. The third kappa shape index (κ3) is 11.4. The van der Waals surface area contributed by atoms with Crippen LogP contribution in [0.5, 0.6) is 0 Å². The van der Waals surface area contributed by atoms with Gasteiger partial charge in [-0.05, 0) is 76.4 Å². The molecular formula is C42H80O6Si3. The van der Waals surface area contributed by atoms with E-state index >= 15 is 0 Å². The Kier molecular flexibility index (Phi) is 17.2. The van der Waals surface area contributed by atoms with Gasteiger partial charge in [-0.25, -0.2) is 0 Å². The van der Waals surface area contributed by atoms with Crippen LogP contribution in [0.1, 0.15) is 123 Å². The molecule has 0 bridgehead atoms. The second-order valence-electron chi connectivity index (χ2n) is 19.0. The van der Waals surface area contributed by atoms with Crippen LogP contribution >= 0.6 is 0 Å². The molecule has 0 aliphatic carbocycles. The number of rotatable bonds is 20. The summed E-state index contributed by atoms with van der Waals surface area (Å²) in [7, 11) is -6.66. The fraction of sp³-hybridized carbons (Fsp3) is 0.810. The molecule has 9 heteroatoms. The molecule has 3 atom stereocenters. The largest absolute Gasteiger partial charge is 0.412 e. The maximum atomic E-state index is 7.51. The highest BCUT2D eigenvalue weighted by Crippen LogP contribution is 2.46. The van der Waals surface area contributed by atoms with Gasteiger partial charge in [-0.1, -0.05) is 140 Å². The highest BCUT2D eigenvalue weighted by Gasteiger charge is 2.52. The molecule has 0 amide bonds. The van der Waals surface area contributed by atoms with Crippen molar-refractivity contribution in [3.8, 4) is 0 Å². The second-order valence-corrected chi connectivity index (χ2v) is 34.6. The van der Waals surface area contributed by atoms with Gasteiger partial charge >= 0.3 is 0 Å². The summed E-state index contributed by atoms with van der Waals surface area (Å²) in [6, 6.07) is 10.3. The third-order valence-electron chi connectivity index (χ3n) is 12.1. The van der Waals surface area contributed by atoms with Crippen LogP contribution in [0.15, 0.2) is 42.0 Å². The van der Waals surface area contributed by atoms with E-state index in [0.29, 0.717) is 59.7 Å². The molecule has 0 radical (unpaired) electrons. The molecule has 1 aliphatic heterocycles. The van der Waals surface area contributed by atoms with Gasteiger partial charge in [0.25, 0.3) is 0 Å². The molecule has 6 nitrogen and oxygen atoms in total. The van der Waals surface area contributed by atoms with Gasteiger partial charge in [0.05, 0.1) is 32.5 Å². The molecule has 0 spiro atoms. The highest BCUT2D eigenvalue weighted by atomic mass is 28.4. The van der Waals surface area contributed by atoms with Gasteiger partial charge in [0.1, 0.15) is 12.2 Å². The molecule has 1 fully saturated rings. The summed E-state index contributed by atoms with van der Waals surface area (Å²) >= 11 is 0. The summed E-state index contributed by atoms with van der Waals surface area (Å²) in [6.07, 6.45) is 1.23. The van der Waals surface area contributed by atoms with E-state index in [0.717, 1.165) is 11.1 Å². The third-order valence-corrected chi connectivity index (χ3v) is 28.7. The van der Waals surface area contributed by atoms with Crippen molar-refractivity contribution < 1.29 is 27.5 Å². The van der Waals surface area contributed by atoms with Gasteiger partial charge < -0.3 is 27.5 Å². The van der Waals surface area contributed by atoms with E-state index in [9.17, 15) is 0 Å². The van der Waals surface area contributed by atoms with Crippen LogP contribution in [-0.2, 0) is 34.1 Å². The van der Waals surface area contributed by atoms with E-state index in [1.54, 1.807) is 0 Å². The average molecular weight is 765 g/mol. The van der Waals surface area contributed by atoms with Crippen molar-refractivity contribution in [2.45, 2.75) is 200 Å². The van der Waals surface area contributed by atoms with Gasteiger partial charge in [0.2, 0.25) is 16.6 Å². The first-order chi connectivity index (χ1) is 23.4. The Labute approximate surface area is 318 Å². The lowest BCUT2D eigenvalue weighted by Gasteiger charge is -2.45. The van der Waals surface area contributed by atoms with E-state index in [1.165, 1.54) is 0 Å². The zero-order valence-corrected chi connectivity index (χ0v) is 39.4. The predicted octanol–water partition coefficient (Wildman–Crippen LogP) is 12.4. The first-order valence-corrected chi connectivity index (χ1v) is 27.2. The van der Waals surface area contributed by atoms with Crippen LogP contribution in [0.4, 0.5) is 0 Å². The van der Waals surface area contributed by atoms with E-state index < -0.39 is 30.7 Å². The lowest BCUT2D eigenvalue weighted by molar-refractivity contribution is -0.156. The summed E-state index contributed by atoms with van der Waals surface area (Å²) in [5.74, 6) is -0.787. The quantitative estimate of drug-likeness (QED) is 0.0973. The van der Waals surface area contributed by atoms with Gasteiger partial charge in [-0.3, -0.25) is 0 Å². The van der Waals surface area contributed by atoms with Crippen LogP contribution in [0.25, 0.3) is 0 Å². The molecule has 2 rings (SSSR count). The first-order valence-electron chi connectivity index (χ1n) is 20.0. The van der Waals surface area contributed by atoms with Crippen molar-refractivity contribution >= 4 is 25.0 Å². The molecule has 0 aromatic heterocycles. The molecule has 296 valence electrons. The summed E-state index contributed by atoms with van der Waals surface area (Å²) in [6.45, 7) is 45.7. The molecular weight excluding hydrogens is 685 g/mol. The van der Waals surface area contributed by atoms with E-state index in [-0.39, 0.29) is 23.4 Å². The van der Waals surface area contributed by atoms with E-state index in [2.05, 4.69) is 135 Å². The van der Waals surface area contributed by atoms with Crippen LogP contribution in [0, 0.1) is 0 Å². The number of hydrogen-bond donors (Lipinski definition) is 0. The van der Waals surface area contributed by atoms with Crippen LogP contribution in [-0.4, -0.2) is 68.9 Å². The average Bonchev–Trinajstić information content (AvgIpc) is 3.29. The zero-order chi connectivity index (χ0) is 39.2. The van der Waals surface area contributed by atoms with Crippen molar-refractivity contribution in [2.75, 3.05) is 19.8 Å². The van der Waals surface area contributed by atoms with E-state index in [4.69, 9.17) is 27.5 Å². The Morgan fingerprint density at radius 3 is 1.67 bits per heavy atom. The molecule has 1 aromatic carbocycles. The molecule has 1 saturated heterocycles. The molecule has 0 N–H and O–H groups in total. The smallest absolute Gasteiger partial charge is 0.200 e. The van der Waals surface area contributed by atoms with Crippen LogP contribution in [0.2, 0.25) is 51.4 Å². The Hall–Kier alpha value is -0.629. The summed E-state index contributed by atoms with van der Waals surface area (Å²) in [5.41, 5.74) is 5.10. The Morgan fingerprint density at radius 2 is 1.22 bits per heavy atom. The number of ether oxygens (including phenoxy) is 3. The monoisotopic (exact) mass is 765 g/mol. The van der Waals surface area contributed by atoms with Gasteiger partial charge in [-0.2, -0.15) is 0 Å². The maximum Gasteiger partial charge on any atom is 0.200 e. The minimum absolute atomic E-state index is 0.0106. The van der Waals surface area contributed by atoms with Crippen molar-refractivity contribution in [3.05, 3.63) is 47.5 Å². The standard InChI is InChI=1S/C42H80O6Si3/c1-30(2)50(31(3)4,32(5)6)44-26-25-37(28-45-51(33(7)8,34(9)10)35(11)12)39(48-49(18,19)41(13,14)15)40-38(46-42(16,17)47-40)29-43-27-36-23-21-20-22-24-36/h20-25,30-35,38-40H,26-29H2,1-19H3/b37-25+/t38-,39?,40-/m0/s1. The summed E-state index contributed by atoms with van der Waals surface area (Å²) in [5, 5.41) is -0.0106. The predicted molar refractivity (Wildman–Crippen MR) is 224 cm³/mol. The zero-order valence-electron chi connectivity index (χ0n) is 36.4. The fourth-order valence-corrected chi connectivity index (χ4v) is 20.8. The lowest BCUT2D eigenvalue weighted by atomic mass is 10.0. The minimum atomic E-state index is -2.32. The van der Waals surface area contributed by atoms with Crippen molar-refractivity contribution in [1.82, 2.24) is 0 Å². The molecule has 1 heterocycles. The molecule has 51 heavy (non-hydrogen) atoms. The fourth-order valence-electron chi connectivity index (χ4n) is 8.72. The summed E-state index contributed by atoms with van der Waals surface area (Å²) in [4.78, 5) is 0. The highest BCUT2D eigenvalue weighted by molar-refractivity contribution is 6.78. The summed E-state index contributed by atoms with van der Waals surface area (Å²) < 4.78 is 42.0. The van der Waals surface area contributed by atoms with Gasteiger partial charge in [0, 0.05) is 0 Å². The van der Waals surface area contributed by atoms with Crippen molar-refractivity contribution in [3.63, 3.8) is 0 Å². The first kappa shape index (κ1) is 46.5. The van der Waals surface area contributed by atoms with E-state index in [1.807, 2.05) is 32.0 Å². The van der Waals surface area contributed by atoms with Gasteiger partial charge in [0.15, 0.2) is 14.1 Å². The topological polar surface area (TPSA) is 55.4 Å². The Bertz CT molecular complexity index is 1160. The molecule has 1 aliphatic rings. The van der Waals surface area contributed by atoms with Crippen molar-refractivity contribution in [2.24, 2.45) is 0 Å². The van der Waals surface area contributed by atoms with Gasteiger partial charge in [-0.15, -0.1) is 0 Å². The maximum absolute atomic E-state index is 7.51. The Balaban J connectivity index is 2.73. The Morgan fingerprint density at radius 1 is 0.745 bits per heavy atom.